The van der Waals surface area contributed by atoms with Gasteiger partial charge in [-0.05, 0) is 13.8 Å². The number of carbonyl (C=O) groups is 1. The maximum atomic E-state index is 9.44. The van der Waals surface area contributed by atoms with Crippen LogP contribution in [0.4, 0.5) is 0 Å². The number of rotatable bonds is 0. The number of hydrogen-bond acceptors (Lipinski definition) is 4. The van der Waals surface area contributed by atoms with Gasteiger partial charge >= 0.3 is 0 Å². The summed E-state index contributed by atoms with van der Waals surface area (Å²) in [4.78, 5) is 9.44. The second-order valence-corrected chi connectivity index (χ2v) is 3.02. The van der Waals surface area contributed by atoms with E-state index < -0.39 is 10.1 Å². The van der Waals surface area contributed by atoms with Crippen molar-refractivity contribution in [3.8, 4) is 0 Å². The van der Waals surface area contributed by atoms with Gasteiger partial charge in [-0.25, -0.2) is 8.42 Å². The van der Waals surface area contributed by atoms with E-state index in [9.17, 15) is 4.79 Å². The van der Waals surface area contributed by atoms with Gasteiger partial charge in [-0.1, -0.05) is 0 Å². The molecule has 0 aromatic rings. The SMILES string of the molecule is CC(C)=O.CS(=O)(=O)[O-]. The predicted molar refractivity (Wildman–Crippen MR) is 32.0 cm³/mol. The molecule has 0 heterocycles. The Hall–Kier alpha value is -0.420. The highest BCUT2D eigenvalue weighted by Gasteiger charge is 1.65. The molecule has 0 aliphatic carbocycles. The van der Waals surface area contributed by atoms with Gasteiger partial charge in [-0.2, -0.15) is 0 Å². The number of hydrogen-bond donors (Lipinski definition) is 0. The minimum absolute atomic E-state index is 0.167. The zero-order valence-corrected chi connectivity index (χ0v) is 6.36. The number of carbonyl (C=O) groups excluding carboxylic acids is 1. The highest BCUT2D eigenvalue weighted by atomic mass is 32.2. The van der Waals surface area contributed by atoms with Crippen molar-refractivity contribution in [2.75, 3.05) is 6.26 Å². The summed E-state index contributed by atoms with van der Waals surface area (Å²) in [5.74, 6) is 0.167. The van der Waals surface area contributed by atoms with Crippen LogP contribution in [0.2, 0.25) is 0 Å². The number of Topliss-reactive ketones (excluding diaryl/α,β-unsaturated/α-hetero) is 1. The third-order valence-electron chi connectivity index (χ3n) is 0. The summed E-state index contributed by atoms with van der Waals surface area (Å²) in [6.07, 6.45) is 0.604. The first kappa shape index (κ1) is 11.4. The summed E-state index contributed by atoms with van der Waals surface area (Å²) < 4.78 is 27.2. The highest BCUT2D eigenvalue weighted by molar-refractivity contribution is 7.84. The van der Waals surface area contributed by atoms with Gasteiger partial charge in [-0.3, -0.25) is 0 Å². The molecule has 9 heavy (non-hydrogen) atoms. The molecule has 4 nitrogen and oxygen atoms in total. The highest BCUT2D eigenvalue weighted by Crippen LogP contribution is 1.59. The Bertz CT molecular complexity index is 155. The Kier molecular flexibility index (Phi) is 5.64. The van der Waals surface area contributed by atoms with E-state index in [1.165, 1.54) is 13.8 Å². The number of ketones is 1. The molecule has 0 atom stereocenters. The molecule has 56 valence electrons. The lowest BCUT2D eigenvalue weighted by Gasteiger charge is -1.90. The molecule has 5 heteroatoms. The van der Waals surface area contributed by atoms with E-state index in [2.05, 4.69) is 0 Å². The maximum Gasteiger partial charge on any atom is 0.126 e. The quantitative estimate of drug-likeness (QED) is 0.450. The van der Waals surface area contributed by atoms with Crippen molar-refractivity contribution < 1.29 is 17.8 Å². The van der Waals surface area contributed by atoms with Crippen molar-refractivity contribution in [2.45, 2.75) is 13.8 Å². The smallest absolute Gasteiger partial charge is 0.126 e. The van der Waals surface area contributed by atoms with Gasteiger partial charge in [0.25, 0.3) is 0 Å². The third-order valence-corrected chi connectivity index (χ3v) is 0. The van der Waals surface area contributed by atoms with Crippen LogP contribution in [-0.2, 0) is 14.9 Å². The Labute approximate surface area is 54.6 Å². The van der Waals surface area contributed by atoms with E-state index in [0.29, 0.717) is 6.26 Å². The van der Waals surface area contributed by atoms with Gasteiger partial charge in [0.2, 0.25) is 0 Å². The predicted octanol–water partition coefficient (Wildman–Crippen LogP) is -0.243. The van der Waals surface area contributed by atoms with E-state index in [0.717, 1.165) is 0 Å². The van der Waals surface area contributed by atoms with Gasteiger partial charge in [0.15, 0.2) is 0 Å². The van der Waals surface area contributed by atoms with Crippen LogP contribution in [0.15, 0.2) is 0 Å². The molecule has 0 radical (unpaired) electrons. The summed E-state index contributed by atoms with van der Waals surface area (Å²) in [7, 11) is -3.92. The lowest BCUT2D eigenvalue weighted by atomic mass is 10.6. The van der Waals surface area contributed by atoms with Crippen molar-refractivity contribution in [2.24, 2.45) is 0 Å². The Morgan fingerprint density at radius 1 is 1.33 bits per heavy atom. The first-order chi connectivity index (χ1) is 3.73. The van der Waals surface area contributed by atoms with Crippen LogP contribution in [-0.4, -0.2) is 25.0 Å². The Morgan fingerprint density at radius 3 is 1.33 bits per heavy atom. The van der Waals surface area contributed by atoms with Crippen LogP contribution in [0.25, 0.3) is 0 Å². The van der Waals surface area contributed by atoms with Gasteiger partial charge in [0, 0.05) is 6.26 Å². The molecule has 0 rings (SSSR count). The molecule has 0 amide bonds. The van der Waals surface area contributed by atoms with Crippen molar-refractivity contribution in [1.82, 2.24) is 0 Å². The molecule has 0 aliphatic rings. The fourth-order valence-electron chi connectivity index (χ4n) is 0. The molecule has 0 saturated heterocycles. The minimum atomic E-state index is -3.92. The molecule has 0 aromatic heterocycles. The van der Waals surface area contributed by atoms with Crippen LogP contribution in [0.3, 0.4) is 0 Å². The summed E-state index contributed by atoms with van der Waals surface area (Å²) >= 11 is 0. The maximum absolute atomic E-state index is 9.44. The fraction of sp³-hybridized carbons (Fsp3) is 0.750. The van der Waals surface area contributed by atoms with Gasteiger partial charge in [0.05, 0.1) is 10.1 Å². The van der Waals surface area contributed by atoms with E-state index in [4.69, 9.17) is 13.0 Å². The minimum Gasteiger partial charge on any atom is -0.748 e. The molecule has 0 spiro atoms. The first-order valence-electron chi connectivity index (χ1n) is 2.11. The molecule has 0 N–H and O–H groups in total. The monoisotopic (exact) mass is 153 g/mol. The lowest BCUT2D eigenvalue weighted by Crippen LogP contribution is -1.88. The Balaban J connectivity index is 0. The summed E-state index contributed by atoms with van der Waals surface area (Å²) in [5.41, 5.74) is 0. The second kappa shape index (κ2) is 4.46. The molecule has 0 fully saturated rings. The molecule has 0 unspecified atom stereocenters. The van der Waals surface area contributed by atoms with Gasteiger partial charge in [-0.15, -0.1) is 0 Å². The average molecular weight is 153 g/mol. The zero-order chi connectivity index (χ0) is 8.08. The van der Waals surface area contributed by atoms with Crippen LogP contribution < -0.4 is 0 Å². The zero-order valence-electron chi connectivity index (χ0n) is 5.54. The standard InChI is InChI=1S/C3H6O.CH4O3S/c1-3(2)4;1-5(2,3)4/h1-2H3;1H3,(H,2,3,4)/p-1. The van der Waals surface area contributed by atoms with Crippen LogP contribution >= 0.6 is 0 Å². The fourth-order valence-corrected chi connectivity index (χ4v) is 0. The summed E-state index contributed by atoms with van der Waals surface area (Å²) in [5, 5.41) is 0. The van der Waals surface area contributed by atoms with Crippen molar-refractivity contribution in [1.29, 1.82) is 0 Å². The van der Waals surface area contributed by atoms with E-state index >= 15 is 0 Å². The van der Waals surface area contributed by atoms with Crippen LogP contribution in [0.5, 0.6) is 0 Å². The molecular weight excluding hydrogens is 144 g/mol. The Morgan fingerprint density at radius 2 is 1.33 bits per heavy atom. The van der Waals surface area contributed by atoms with E-state index in [1.807, 2.05) is 0 Å². The van der Waals surface area contributed by atoms with Gasteiger partial charge in [0.1, 0.15) is 5.78 Å². The lowest BCUT2D eigenvalue weighted by molar-refractivity contribution is -0.114. The van der Waals surface area contributed by atoms with Crippen molar-refractivity contribution in [3.63, 3.8) is 0 Å². The van der Waals surface area contributed by atoms with Crippen LogP contribution in [0.1, 0.15) is 13.8 Å². The second-order valence-electron chi connectivity index (χ2n) is 1.61. The molecule has 0 aliphatic heterocycles. The van der Waals surface area contributed by atoms with Crippen molar-refractivity contribution in [3.05, 3.63) is 0 Å². The molecular formula is C4H9O4S-. The first-order valence-corrected chi connectivity index (χ1v) is 3.93. The summed E-state index contributed by atoms with van der Waals surface area (Å²) in [6, 6.07) is 0. The van der Waals surface area contributed by atoms with Crippen LogP contribution in [0, 0.1) is 0 Å². The van der Waals surface area contributed by atoms with E-state index in [1.54, 1.807) is 0 Å². The molecule has 0 saturated carbocycles. The molecule has 0 bridgehead atoms. The van der Waals surface area contributed by atoms with E-state index in [-0.39, 0.29) is 5.78 Å². The third kappa shape index (κ3) is 1340. The average Bonchev–Trinajstić information content (AvgIpc) is 1.19. The topological polar surface area (TPSA) is 74.3 Å². The normalized spacial score (nSPS) is 9.33. The van der Waals surface area contributed by atoms with Crippen molar-refractivity contribution >= 4 is 15.9 Å². The van der Waals surface area contributed by atoms with Gasteiger partial charge < -0.3 is 9.35 Å². The molecule has 0 aromatic carbocycles. The largest absolute Gasteiger partial charge is 0.748 e. The summed E-state index contributed by atoms with van der Waals surface area (Å²) in [6.45, 7) is 3.06.